The van der Waals surface area contributed by atoms with Crippen LogP contribution in [0.25, 0.3) is 133 Å². The number of nitrogens with zero attached hydrogens (tertiary/aromatic N) is 15. The summed E-state index contributed by atoms with van der Waals surface area (Å²) in [5, 5.41) is 30.3. The number of pyridine rings is 4. The highest BCUT2D eigenvalue weighted by atomic mass is 19.1. The molecule has 16 aromatic rings. The molecule has 3 aromatic carbocycles. The van der Waals surface area contributed by atoms with Crippen molar-refractivity contribution in [3.63, 3.8) is 0 Å². The van der Waals surface area contributed by atoms with Crippen molar-refractivity contribution in [1.82, 2.24) is 68.6 Å². The molecule has 4 fully saturated rings. The van der Waals surface area contributed by atoms with Crippen LogP contribution >= 0.6 is 0 Å². The maximum atomic E-state index is 13.9. The largest absolute Gasteiger partial charge is 0.381 e. The lowest BCUT2D eigenvalue weighted by Crippen LogP contribution is -2.42. The fraction of sp³-hybridized carbons (Fsp3) is 0.363. The minimum Gasteiger partial charge on any atom is -0.381 e. The number of ether oxygens (including phenoxy) is 4. The highest BCUT2D eigenvalue weighted by Gasteiger charge is 2.36. The summed E-state index contributed by atoms with van der Waals surface area (Å²) in [5.41, 5.74) is 29.2. The molecule has 662 valence electrons. The first-order valence-electron chi connectivity index (χ1n) is 44.3. The van der Waals surface area contributed by atoms with Gasteiger partial charge in [-0.2, -0.15) is 10.4 Å². The van der Waals surface area contributed by atoms with Crippen LogP contribution in [-0.2, 0) is 38.6 Å². The molecule has 0 bridgehead atoms. The van der Waals surface area contributed by atoms with Crippen LogP contribution in [0.1, 0.15) is 175 Å². The Labute approximate surface area is 746 Å². The zero-order valence-electron chi connectivity index (χ0n) is 75.2. The smallest absolute Gasteiger partial charge is 0.188 e. The highest BCUT2D eigenvalue weighted by molar-refractivity contribution is 6.01. The molecule has 17 heterocycles. The molecule has 0 saturated carbocycles. The molecule has 129 heavy (non-hydrogen) atoms. The molecule has 3 atom stereocenters. The lowest BCUT2D eigenvalue weighted by atomic mass is 9.88. The number of Topliss-reactive ketones (excluding diaryl/α,β-unsaturated/α-hetero) is 3. The molecular formula is C102H106FN15O11. The Morgan fingerprint density at radius 2 is 0.845 bits per heavy atom. The number of rotatable bonds is 21. The molecule has 4 aliphatic heterocycles. The summed E-state index contributed by atoms with van der Waals surface area (Å²) in [6.45, 7) is 31.8. The summed E-state index contributed by atoms with van der Waals surface area (Å²) in [5.74, 6) is 4.20. The van der Waals surface area contributed by atoms with E-state index in [4.69, 9.17) is 57.0 Å². The van der Waals surface area contributed by atoms with E-state index in [2.05, 4.69) is 99.8 Å². The summed E-state index contributed by atoms with van der Waals surface area (Å²) in [6, 6.07) is 34.3. The van der Waals surface area contributed by atoms with Crippen molar-refractivity contribution in [2.45, 2.75) is 179 Å². The number of fused-ring (bicyclic) bond motifs is 4. The van der Waals surface area contributed by atoms with Gasteiger partial charge in [-0.1, -0.05) is 100 Å². The number of hydrogen-bond donors (Lipinski definition) is 0. The van der Waals surface area contributed by atoms with Gasteiger partial charge < -0.3 is 55.3 Å². The highest BCUT2D eigenvalue weighted by Crippen LogP contribution is 2.44. The number of benzene rings is 3. The molecule has 0 amide bonds. The van der Waals surface area contributed by atoms with Gasteiger partial charge in [0.05, 0.1) is 105 Å². The van der Waals surface area contributed by atoms with Crippen LogP contribution in [0.15, 0.2) is 177 Å². The van der Waals surface area contributed by atoms with Crippen LogP contribution < -0.4 is 0 Å². The average molecular weight is 1740 g/mol. The Morgan fingerprint density at radius 3 is 1.21 bits per heavy atom. The standard InChI is InChI=1S/2C26H27N3O3.C25H27FN6O2.C25H25N3O3/c1-16-25(18(3)32-28-16)22-12-24-26(27-13-22)23(21-6-4-20(5-7-21)17(2)30)15-29(24)14-19-8-10-31-11-9-19;1-16-25(18(3)32-28-16)21-12-24-26(27-13-21)23(20-9-7-19(8-10-20)17(2)30)15-29(24)14-22-6-4-5-11-31-22;1-15-24(16(2)34-30-15)19-10-23-25(28-11-19)21(20-12-29-32(13-20)17(3)26)14-31(23)22(4-7-27)18-5-8-33-9-6-18;1-15-23(17(3)31-27-15)20-9-22-24(26-10-20)21(11-28(22)12-25(4)13-30-14-25)19-7-5-18(6-8-19)16(2)29/h4-7,12-13,15,19H,8-11,14H2,1-3H3;7-10,12-13,15,22H,4-6,11,14H2,1-3H3;10-14,17-18,22H,4-6,8-9H2,1-3H3;5-11H,12-14H2,1-4H3. The molecule has 0 spiro atoms. The van der Waals surface area contributed by atoms with E-state index in [0.29, 0.717) is 48.2 Å². The SMILES string of the molecule is CC(=O)c1ccc(-c2cn(CC3(C)COC3)c3cc(-c4c(C)noc4C)cnc23)cc1.CC(=O)c1ccc(-c2cn(CC3CCCCO3)c3cc(-c4c(C)noc4C)cnc23)cc1.CC(=O)c1ccc(-c2cn(CC3CCOCC3)c3cc(-c4c(C)noc4C)cnc23)cc1.Cc1noc(C)c1-c1cnc2c(-c3cnn(C(C)F)c3)cn(C(CC#N)C3CCOCC3)c2c1. The topological polar surface area (TPSA) is 305 Å². The second-order valence-corrected chi connectivity index (χ2v) is 35.1. The maximum Gasteiger partial charge on any atom is 0.188 e. The Bertz CT molecular complexity index is 6560. The van der Waals surface area contributed by atoms with E-state index in [0.717, 1.165) is 270 Å². The van der Waals surface area contributed by atoms with Crippen LogP contribution in [0.3, 0.4) is 0 Å². The number of carbonyl (C=O) groups is 3. The van der Waals surface area contributed by atoms with Crippen molar-refractivity contribution in [3.05, 3.63) is 222 Å². The molecule has 20 rings (SSSR count). The van der Waals surface area contributed by atoms with Gasteiger partial charge in [0, 0.05) is 209 Å². The molecule has 0 radical (unpaired) electrons. The zero-order chi connectivity index (χ0) is 90.1. The molecule has 13 aromatic heterocycles. The molecule has 26 nitrogen and oxygen atoms in total. The summed E-state index contributed by atoms with van der Waals surface area (Å²) < 4.78 is 68.4. The van der Waals surface area contributed by atoms with Crippen LogP contribution in [0.2, 0.25) is 0 Å². The Morgan fingerprint density at radius 1 is 0.457 bits per heavy atom. The fourth-order valence-electron chi connectivity index (χ4n) is 18.6. The number of halogens is 1. The van der Waals surface area contributed by atoms with Crippen LogP contribution in [0.5, 0.6) is 0 Å². The van der Waals surface area contributed by atoms with Gasteiger partial charge in [-0.3, -0.25) is 34.3 Å². The third kappa shape index (κ3) is 18.4. The van der Waals surface area contributed by atoms with Gasteiger partial charge in [0.15, 0.2) is 23.6 Å². The third-order valence-corrected chi connectivity index (χ3v) is 25.6. The lowest BCUT2D eigenvalue weighted by Gasteiger charge is -2.38. The number of nitriles is 1. The van der Waals surface area contributed by atoms with Crippen molar-refractivity contribution in [1.29, 1.82) is 5.26 Å². The van der Waals surface area contributed by atoms with Crippen molar-refractivity contribution < 1.29 is 55.8 Å². The van der Waals surface area contributed by atoms with Crippen molar-refractivity contribution in [2.24, 2.45) is 17.3 Å². The van der Waals surface area contributed by atoms with Crippen LogP contribution in [0, 0.1) is 84.0 Å². The molecular weight excluding hydrogens is 1630 g/mol. The number of aryl methyl sites for hydroxylation is 8. The maximum absolute atomic E-state index is 13.9. The normalized spacial score (nSPS) is 15.8. The quantitative estimate of drug-likeness (QED) is 0.0603. The lowest BCUT2D eigenvalue weighted by molar-refractivity contribution is -0.109. The van der Waals surface area contributed by atoms with E-state index in [1.165, 1.54) is 18.0 Å². The fourth-order valence-corrected chi connectivity index (χ4v) is 18.6. The van der Waals surface area contributed by atoms with E-state index < -0.39 is 6.30 Å². The molecule has 3 unspecified atom stereocenters. The minimum atomic E-state index is -1.23. The predicted octanol–water partition coefficient (Wildman–Crippen LogP) is 22.1. The molecule has 0 aliphatic carbocycles. The van der Waals surface area contributed by atoms with Gasteiger partial charge in [-0.15, -0.1) is 0 Å². The second-order valence-electron chi connectivity index (χ2n) is 35.1. The first-order chi connectivity index (χ1) is 62.3. The van der Waals surface area contributed by atoms with Crippen molar-refractivity contribution in [2.75, 3.05) is 46.2 Å². The molecule has 0 N–H and O–H groups in total. The minimum absolute atomic E-state index is 0.0259. The van der Waals surface area contributed by atoms with Gasteiger partial charge in [0.2, 0.25) is 0 Å². The second kappa shape index (κ2) is 37.6. The van der Waals surface area contributed by atoms with E-state index in [1.807, 2.05) is 159 Å². The summed E-state index contributed by atoms with van der Waals surface area (Å²) >= 11 is 0. The number of ketones is 3. The van der Waals surface area contributed by atoms with Crippen LogP contribution in [0.4, 0.5) is 4.39 Å². The Balaban J connectivity index is 0.000000121. The van der Waals surface area contributed by atoms with Crippen molar-refractivity contribution in [3.8, 4) is 95.1 Å². The van der Waals surface area contributed by atoms with E-state index in [1.54, 1.807) is 33.2 Å². The van der Waals surface area contributed by atoms with E-state index >= 15 is 0 Å². The predicted molar refractivity (Wildman–Crippen MR) is 491 cm³/mol. The molecule has 4 saturated heterocycles. The summed E-state index contributed by atoms with van der Waals surface area (Å²) in [4.78, 5) is 54.5. The zero-order valence-corrected chi connectivity index (χ0v) is 75.2. The van der Waals surface area contributed by atoms with E-state index in [9.17, 15) is 24.0 Å². The van der Waals surface area contributed by atoms with Crippen LogP contribution in [-0.4, -0.2) is 138 Å². The third-order valence-electron chi connectivity index (χ3n) is 25.6. The van der Waals surface area contributed by atoms with Gasteiger partial charge in [0.25, 0.3) is 0 Å². The van der Waals surface area contributed by atoms with Gasteiger partial charge in [-0.25, -0.2) is 9.07 Å². The number of carbonyl (C=O) groups excluding carboxylic acids is 3. The van der Waals surface area contributed by atoms with Gasteiger partial charge in [0.1, 0.15) is 23.0 Å². The van der Waals surface area contributed by atoms with Gasteiger partial charge in [-0.05, 0) is 181 Å². The van der Waals surface area contributed by atoms with E-state index in [-0.39, 0.29) is 34.9 Å². The monoisotopic (exact) mass is 1740 g/mol. The van der Waals surface area contributed by atoms with Crippen molar-refractivity contribution >= 4 is 61.5 Å². The first-order valence-corrected chi connectivity index (χ1v) is 44.3. The Hall–Kier alpha value is -13.3. The first kappa shape index (κ1) is 87.8. The summed E-state index contributed by atoms with van der Waals surface area (Å²) in [6.07, 6.45) is 26.1. The number of alkyl halides is 1. The summed E-state index contributed by atoms with van der Waals surface area (Å²) in [7, 11) is 0. The number of aromatic nitrogens is 14. The average Bonchev–Trinajstić information content (AvgIpc) is 1.59. The molecule has 4 aliphatic rings. The number of hydrogen-bond acceptors (Lipinski definition) is 21. The van der Waals surface area contributed by atoms with Gasteiger partial charge >= 0.3 is 0 Å². The molecule has 27 heteroatoms. The Kier molecular flexibility index (Phi) is 25.6.